The van der Waals surface area contributed by atoms with Gasteiger partial charge in [0.05, 0.1) is 0 Å². The molecule has 1 unspecified atom stereocenters. The molecular formula is C15H24FN. The molecule has 0 saturated carbocycles. The number of halogens is 1. The van der Waals surface area contributed by atoms with Gasteiger partial charge in [-0.15, -0.1) is 0 Å². The van der Waals surface area contributed by atoms with E-state index in [0.29, 0.717) is 6.04 Å². The Kier molecular flexibility index (Phi) is 6.87. The van der Waals surface area contributed by atoms with E-state index in [-0.39, 0.29) is 5.82 Å². The van der Waals surface area contributed by atoms with E-state index in [9.17, 15) is 4.39 Å². The molecule has 1 aromatic carbocycles. The molecule has 0 heterocycles. The Morgan fingerprint density at radius 1 is 1.29 bits per heavy atom. The maximum Gasteiger partial charge on any atom is 0.123 e. The number of nitrogens with one attached hydrogen (secondary N) is 1. The Balaban J connectivity index is 2.26. The predicted molar refractivity (Wildman–Crippen MR) is 71.7 cm³/mol. The van der Waals surface area contributed by atoms with E-state index in [4.69, 9.17) is 0 Å². The highest BCUT2D eigenvalue weighted by Gasteiger charge is 2.04. The Morgan fingerprint density at radius 2 is 2.12 bits per heavy atom. The minimum Gasteiger partial charge on any atom is -0.314 e. The molecular weight excluding hydrogens is 213 g/mol. The molecule has 0 radical (unpaired) electrons. The largest absolute Gasteiger partial charge is 0.314 e. The van der Waals surface area contributed by atoms with Crippen molar-refractivity contribution < 1.29 is 4.39 Å². The smallest absolute Gasteiger partial charge is 0.123 e. The molecule has 0 aliphatic carbocycles. The van der Waals surface area contributed by atoms with Crippen molar-refractivity contribution in [2.75, 3.05) is 6.54 Å². The highest BCUT2D eigenvalue weighted by atomic mass is 19.1. The molecule has 0 aromatic heterocycles. The van der Waals surface area contributed by atoms with E-state index in [1.54, 1.807) is 12.1 Å². The van der Waals surface area contributed by atoms with Crippen LogP contribution in [-0.4, -0.2) is 12.6 Å². The summed E-state index contributed by atoms with van der Waals surface area (Å²) in [5.74, 6) is -0.138. The first-order valence-electron chi connectivity index (χ1n) is 6.74. The average molecular weight is 237 g/mol. The summed E-state index contributed by atoms with van der Waals surface area (Å²) in [4.78, 5) is 0. The zero-order valence-electron chi connectivity index (χ0n) is 11.0. The Hall–Kier alpha value is -0.890. The molecule has 0 saturated heterocycles. The number of hydrogen-bond acceptors (Lipinski definition) is 1. The van der Waals surface area contributed by atoms with Crippen molar-refractivity contribution in [3.05, 3.63) is 35.6 Å². The Labute approximate surface area is 104 Å². The molecule has 17 heavy (non-hydrogen) atoms. The molecule has 1 nitrogen and oxygen atoms in total. The van der Waals surface area contributed by atoms with E-state index >= 15 is 0 Å². The van der Waals surface area contributed by atoms with Crippen LogP contribution in [0.2, 0.25) is 0 Å². The van der Waals surface area contributed by atoms with Gasteiger partial charge in [0, 0.05) is 6.04 Å². The molecule has 1 rings (SSSR count). The number of rotatable bonds is 8. The summed E-state index contributed by atoms with van der Waals surface area (Å²) < 4.78 is 13.0. The third-order valence-corrected chi connectivity index (χ3v) is 3.13. The lowest BCUT2D eigenvalue weighted by molar-refractivity contribution is 0.456. The second kappa shape index (κ2) is 8.24. The van der Waals surface area contributed by atoms with E-state index in [0.717, 1.165) is 18.5 Å². The zero-order valence-corrected chi connectivity index (χ0v) is 11.0. The van der Waals surface area contributed by atoms with Gasteiger partial charge in [-0.2, -0.15) is 0 Å². The van der Waals surface area contributed by atoms with Crippen LogP contribution >= 0.6 is 0 Å². The summed E-state index contributed by atoms with van der Waals surface area (Å²) in [5, 5.41) is 3.55. The quantitative estimate of drug-likeness (QED) is 0.722. The lowest BCUT2D eigenvalue weighted by Crippen LogP contribution is -2.30. The molecule has 1 N–H and O–H groups in total. The van der Waals surface area contributed by atoms with Gasteiger partial charge in [0.25, 0.3) is 0 Å². The highest BCUT2D eigenvalue weighted by molar-refractivity contribution is 5.16. The van der Waals surface area contributed by atoms with Gasteiger partial charge < -0.3 is 5.32 Å². The van der Waals surface area contributed by atoms with Crippen LogP contribution in [0.5, 0.6) is 0 Å². The fraction of sp³-hybridized carbons (Fsp3) is 0.600. The van der Waals surface area contributed by atoms with Gasteiger partial charge in [0.1, 0.15) is 5.82 Å². The summed E-state index contributed by atoms with van der Waals surface area (Å²) in [6, 6.07) is 7.49. The van der Waals surface area contributed by atoms with Crippen LogP contribution in [-0.2, 0) is 6.42 Å². The predicted octanol–water partition coefficient (Wildman–Crippen LogP) is 3.93. The number of unbranched alkanes of at least 4 members (excludes halogenated alkanes) is 1. The Bertz CT molecular complexity index is 312. The van der Waals surface area contributed by atoms with E-state index < -0.39 is 0 Å². The van der Waals surface area contributed by atoms with Crippen LogP contribution in [0.3, 0.4) is 0 Å². The molecule has 1 atom stereocenters. The van der Waals surface area contributed by atoms with Crippen LogP contribution in [0.1, 0.15) is 45.1 Å². The van der Waals surface area contributed by atoms with Crippen molar-refractivity contribution in [3.63, 3.8) is 0 Å². The third-order valence-electron chi connectivity index (χ3n) is 3.13. The highest BCUT2D eigenvalue weighted by Crippen LogP contribution is 2.06. The second-order valence-corrected chi connectivity index (χ2v) is 4.58. The molecule has 0 aliphatic rings. The van der Waals surface area contributed by atoms with Gasteiger partial charge in [0.15, 0.2) is 0 Å². The lowest BCUT2D eigenvalue weighted by atomic mass is 10.1. The molecule has 0 fully saturated rings. The Morgan fingerprint density at radius 3 is 2.76 bits per heavy atom. The van der Waals surface area contributed by atoms with Gasteiger partial charge in [-0.25, -0.2) is 4.39 Å². The summed E-state index contributed by atoms with van der Waals surface area (Å²) in [6.07, 6.45) is 5.85. The minimum atomic E-state index is -0.138. The van der Waals surface area contributed by atoms with E-state index in [1.807, 2.05) is 6.07 Å². The van der Waals surface area contributed by atoms with Crippen LogP contribution in [0.4, 0.5) is 4.39 Å². The van der Waals surface area contributed by atoms with Gasteiger partial charge in [-0.1, -0.05) is 38.8 Å². The van der Waals surface area contributed by atoms with Crippen LogP contribution in [0.15, 0.2) is 24.3 Å². The van der Waals surface area contributed by atoms with Crippen molar-refractivity contribution in [1.29, 1.82) is 0 Å². The van der Waals surface area contributed by atoms with Gasteiger partial charge in [0.2, 0.25) is 0 Å². The standard InChI is InChI=1S/C15H24FN/c1-3-5-9-15(4-2)17-11-10-13-7-6-8-14(16)12-13/h6-8,12,15,17H,3-5,9-11H2,1-2H3. The molecule has 0 amide bonds. The van der Waals surface area contributed by atoms with E-state index in [2.05, 4.69) is 19.2 Å². The van der Waals surface area contributed by atoms with Crippen LogP contribution in [0.25, 0.3) is 0 Å². The summed E-state index contributed by atoms with van der Waals surface area (Å²) in [7, 11) is 0. The zero-order chi connectivity index (χ0) is 12.5. The first-order valence-corrected chi connectivity index (χ1v) is 6.74. The molecule has 0 bridgehead atoms. The second-order valence-electron chi connectivity index (χ2n) is 4.58. The van der Waals surface area contributed by atoms with Crippen molar-refractivity contribution in [1.82, 2.24) is 5.32 Å². The van der Waals surface area contributed by atoms with Gasteiger partial charge >= 0.3 is 0 Å². The summed E-state index contributed by atoms with van der Waals surface area (Å²) in [6.45, 7) is 5.38. The topological polar surface area (TPSA) is 12.0 Å². The molecule has 0 spiro atoms. The van der Waals surface area contributed by atoms with Crippen molar-refractivity contribution >= 4 is 0 Å². The normalized spacial score (nSPS) is 12.6. The number of benzene rings is 1. The maximum atomic E-state index is 13.0. The molecule has 96 valence electrons. The minimum absolute atomic E-state index is 0.138. The van der Waals surface area contributed by atoms with E-state index in [1.165, 1.54) is 31.7 Å². The SMILES string of the molecule is CCCCC(CC)NCCc1cccc(F)c1. The maximum absolute atomic E-state index is 13.0. The summed E-state index contributed by atoms with van der Waals surface area (Å²) >= 11 is 0. The average Bonchev–Trinajstić information content (AvgIpc) is 2.33. The van der Waals surface area contributed by atoms with Gasteiger partial charge in [-0.05, 0) is 43.5 Å². The van der Waals surface area contributed by atoms with Crippen LogP contribution in [0, 0.1) is 5.82 Å². The fourth-order valence-electron chi connectivity index (χ4n) is 2.01. The van der Waals surface area contributed by atoms with Crippen LogP contribution < -0.4 is 5.32 Å². The summed E-state index contributed by atoms with van der Waals surface area (Å²) in [5.41, 5.74) is 1.07. The third kappa shape index (κ3) is 5.83. The van der Waals surface area contributed by atoms with Crippen molar-refractivity contribution in [3.8, 4) is 0 Å². The fourth-order valence-corrected chi connectivity index (χ4v) is 2.01. The first kappa shape index (κ1) is 14.2. The van der Waals surface area contributed by atoms with Gasteiger partial charge in [-0.3, -0.25) is 0 Å². The van der Waals surface area contributed by atoms with Crippen molar-refractivity contribution in [2.24, 2.45) is 0 Å². The van der Waals surface area contributed by atoms with Crippen molar-refractivity contribution in [2.45, 2.75) is 52.0 Å². The lowest BCUT2D eigenvalue weighted by Gasteiger charge is -2.16. The molecule has 0 aliphatic heterocycles. The molecule has 1 aromatic rings. The first-order chi connectivity index (χ1) is 8.26. The molecule has 2 heteroatoms. The monoisotopic (exact) mass is 237 g/mol. The number of hydrogen-bond donors (Lipinski definition) is 1.